The average Bonchev–Trinajstić information content (AvgIpc) is 3.21. The maximum atomic E-state index is 13.7. The minimum atomic E-state index is -0.587. The summed E-state index contributed by atoms with van der Waals surface area (Å²) >= 11 is 1.24. The second-order valence-electron chi connectivity index (χ2n) is 7.60. The number of nitrogens with zero attached hydrogens (tertiary/aromatic N) is 4. The molecular weight excluding hydrogens is 459 g/mol. The number of carbonyl (C=O) groups is 2. The number of amides is 2. The molecule has 11 heteroatoms. The molecule has 2 N–H and O–H groups in total. The van der Waals surface area contributed by atoms with Gasteiger partial charge in [-0.1, -0.05) is 23.9 Å². The monoisotopic (exact) mass is 484 g/mol. The third-order valence-electron chi connectivity index (χ3n) is 5.31. The maximum absolute atomic E-state index is 13.7. The molecule has 3 aromatic rings. The Morgan fingerprint density at radius 1 is 1.09 bits per heavy atom. The van der Waals surface area contributed by atoms with Crippen LogP contribution in [0.15, 0.2) is 53.7 Å². The highest BCUT2D eigenvalue weighted by molar-refractivity contribution is 7.99. The SMILES string of the molecule is Cn1c(CNC(=O)c2ccccc2F)nnc1SCC(=O)Nc1ccc(N2CCOCC2)cc1. The maximum Gasteiger partial charge on any atom is 0.254 e. The Morgan fingerprint density at radius 2 is 1.82 bits per heavy atom. The van der Waals surface area contributed by atoms with E-state index < -0.39 is 11.7 Å². The van der Waals surface area contributed by atoms with Gasteiger partial charge in [-0.05, 0) is 36.4 Å². The van der Waals surface area contributed by atoms with Gasteiger partial charge in [-0.2, -0.15) is 0 Å². The van der Waals surface area contributed by atoms with Crippen molar-refractivity contribution in [2.75, 3.05) is 42.3 Å². The largest absolute Gasteiger partial charge is 0.378 e. The molecule has 9 nitrogen and oxygen atoms in total. The summed E-state index contributed by atoms with van der Waals surface area (Å²) in [7, 11) is 1.75. The zero-order chi connectivity index (χ0) is 23.9. The number of carbonyl (C=O) groups excluding carboxylic acids is 2. The summed E-state index contributed by atoms with van der Waals surface area (Å²) in [4.78, 5) is 26.8. The highest BCUT2D eigenvalue weighted by Crippen LogP contribution is 2.20. The van der Waals surface area contributed by atoms with Crippen molar-refractivity contribution in [2.45, 2.75) is 11.7 Å². The smallest absolute Gasteiger partial charge is 0.254 e. The Bertz CT molecular complexity index is 1150. The molecule has 1 fully saturated rings. The lowest BCUT2D eigenvalue weighted by atomic mass is 10.2. The molecule has 0 aliphatic carbocycles. The molecule has 2 aromatic carbocycles. The van der Waals surface area contributed by atoms with E-state index in [0.29, 0.717) is 11.0 Å². The van der Waals surface area contributed by atoms with Gasteiger partial charge in [0.15, 0.2) is 11.0 Å². The zero-order valence-corrected chi connectivity index (χ0v) is 19.5. The summed E-state index contributed by atoms with van der Waals surface area (Å²) in [5, 5.41) is 14.2. The number of hydrogen-bond donors (Lipinski definition) is 2. The van der Waals surface area contributed by atoms with Crippen LogP contribution in [0.3, 0.4) is 0 Å². The summed E-state index contributed by atoms with van der Waals surface area (Å²) in [5.41, 5.74) is 1.79. The van der Waals surface area contributed by atoms with Crippen LogP contribution in [0.5, 0.6) is 0 Å². The van der Waals surface area contributed by atoms with E-state index in [2.05, 4.69) is 25.7 Å². The fourth-order valence-corrected chi connectivity index (χ4v) is 4.16. The van der Waals surface area contributed by atoms with E-state index in [1.165, 1.54) is 30.0 Å². The van der Waals surface area contributed by atoms with Crippen molar-refractivity contribution in [2.24, 2.45) is 7.05 Å². The van der Waals surface area contributed by atoms with Gasteiger partial charge in [0, 0.05) is 31.5 Å². The lowest BCUT2D eigenvalue weighted by Crippen LogP contribution is -2.36. The predicted molar refractivity (Wildman–Crippen MR) is 127 cm³/mol. The van der Waals surface area contributed by atoms with Gasteiger partial charge >= 0.3 is 0 Å². The van der Waals surface area contributed by atoms with Gasteiger partial charge in [0.2, 0.25) is 5.91 Å². The number of aromatic nitrogens is 3. The summed E-state index contributed by atoms with van der Waals surface area (Å²) in [5.74, 6) is -0.642. The Morgan fingerprint density at radius 3 is 2.56 bits per heavy atom. The zero-order valence-electron chi connectivity index (χ0n) is 18.7. The minimum Gasteiger partial charge on any atom is -0.378 e. The first-order valence-corrected chi connectivity index (χ1v) is 11.8. The van der Waals surface area contributed by atoms with Crippen LogP contribution in [0.2, 0.25) is 0 Å². The highest BCUT2D eigenvalue weighted by Gasteiger charge is 2.15. The van der Waals surface area contributed by atoms with Crippen molar-refractivity contribution in [3.8, 4) is 0 Å². The van der Waals surface area contributed by atoms with E-state index in [1.54, 1.807) is 17.7 Å². The molecule has 1 aliphatic heterocycles. The van der Waals surface area contributed by atoms with E-state index in [1.807, 2.05) is 24.3 Å². The Hall–Kier alpha value is -3.44. The van der Waals surface area contributed by atoms with Crippen LogP contribution in [0.25, 0.3) is 0 Å². The first-order valence-electron chi connectivity index (χ1n) is 10.8. The second kappa shape index (κ2) is 11.1. The topological polar surface area (TPSA) is 101 Å². The van der Waals surface area contributed by atoms with Crippen molar-refractivity contribution in [3.05, 3.63) is 65.7 Å². The van der Waals surface area contributed by atoms with Gasteiger partial charge in [0.25, 0.3) is 5.91 Å². The van der Waals surface area contributed by atoms with E-state index in [9.17, 15) is 14.0 Å². The summed E-state index contributed by atoms with van der Waals surface area (Å²) < 4.78 is 20.8. The Labute approximate surface area is 200 Å². The summed E-state index contributed by atoms with van der Waals surface area (Å²) in [6, 6.07) is 13.5. The van der Waals surface area contributed by atoms with Crippen LogP contribution in [0.4, 0.5) is 15.8 Å². The van der Waals surface area contributed by atoms with Crippen LogP contribution in [0, 0.1) is 5.82 Å². The number of halogens is 1. The molecule has 1 aliphatic rings. The molecule has 0 unspecified atom stereocenters. The average molecular weight is 485 g/mol. The van der Waals surface area contributed by atoms with Gasteiger partial charge in [0.05, 0.1) is 31.1 Å². The van der Waals surface area contributed by atoms with E-state index in [4.69, 9.17) is 4.74 Å². The third-order valence-corrected chi connectivity index (χ3v) is 6.33. The van der Waals surface area contributed by atoms with E-state index in [-0.39, 0.29) is 23.8 Å². The standard InChI is InChI=1S/C23H25FN6O3S/c1-29-20(14-25-22(32)18-4-2-3-5-19(18)24)27-28-23(29)34-15-21(31)26-16-6-8-17(9-7-16)30-10-12-33-13-11-30/h2-9H,10-15H2,1H3,(H,25,32)(H,26,31). The number of nitrogens with one attached hydrogen (secondary N) is 2. The Kier molecular flexibility index (Phi) is 7.76. The number of rotatable bonds is 8. The molecule has 0 bridgehead atoms. The number of thioether (sulfide) groups is 1. The molecule has 4 rings (SSSR count). The highest BCUT2D eigenvalue weighted by atomic mass is 32.2. The van der Waals surface area contributed by atoms with Gasteiger partial charge in [-0.3, -0.25) is 9.59 Å². The molecule has 0 atom stereocenters. The molecule has 0 saturated carbocycles. The molecule has 178 valence electrons. The molecule has 34 heavy (non-hydrogen) atoms. The molecule has 1 saturated heterocycles. The first kappa shape index (κ1) is 23.7. The molecular formula is C23H25FN6O3S. The Balaban J connectivity index is 1.25. The molecule has 0 spiro atoms. The normalized spacial score (nSPS) is 13.5. The number of anilines is 2. The van der Waals surface area contributed by atoms with Crippen molar-refractivity contribution in [3.63, 3.8) is 0 Å². The van der Waals surface area contributed by atoms with Gasteiger partial charge in [0.1, 0.15) is 5.82 Å². The summed E-state index contributed by atoms with van der Waals surface area (Å²) in [6.07, 6.45) is 0. The van der Waals surface area contributed by atoms with Crippen LogP contribution >= 0.6 is 11.8 Å². The number of morpholine rings is 1. The molecule has 2 heterocycles. The second-order valence-corrected chi connectivity index (χ2v) is 8.55. The fraction of sp³-hybridized carbons (Fsp3) is 0.304. The van der Waals surface area contributed by atoms with Crippen molar-refractivity contribution < 1.29 is 18.7 Å². The molecule has 1 aromatic heterocycles. The summed E-state index contributed by atoms with van der Waals surface area (Å²) in [6.45, 7) is 3.23. The third kappa shape index (κ3) is 5.91. The molecule has 0 radical (unpaired) electrons. The van der Waals surface area contributed by atoms with Gasteiger partial charge < -0.3 is 24.8 Å². The van der Waals surface area contributed by atoms with Gasteiger partial charge in [-0.15, -0.1) is 10.2 Å². The lowest BCUT2D eigenvalue weighted by molar-refractivity contribution is -0.113. The van der Waals surface area contributed by atoms with E-state index in [0.717, 1.165) is 37.7 Å². The van der Waals surface area contributed by atoms with Crippen molar-refractivity contribution in [1.29, 1.82) is 0 Å². The van der Waals surface area contributed by atoms with Crippen LogP contribution < -0.4 is 15.5 Å². The van der Waals surface area contributed by atoms with E-state index >= 15 is 0 Å². The molecule has 2 amide bonds. The predicted octanol–water partition coefficient (Wildman–Crippen LogP) is 2.45. The minimum absolute atomic E-state index is 0.0334. The van der Waals surface area contributed by atoms with Crippen molar-refractivity contribution >= 4 is 35.0 Å². The fourth-order valence-electron chi connectivity index (χ4n) is 3.43. The quantitative estimate of drug-likeness (QED) is 0.474. The van der Waals surface area contributed by atoms with Crippen LogP contribution in [0.1, 0.15) is 16.2 Å². The van der Waals surface area contributed by atoms with Crippen LogP contribution in [-0.4, -0.2) is 58.6 Å². The van der Waals surface area contributed by atoms with Crippen molar-refractivity contribution in [1.82, 2.24) is 20.1 Å². The van der Waals surface area contributed by atoms with Crippen LogP contribution in [-0.2, 0) is 23.1 Å². The first-order chi connectivity index (χ1) is 16.5. The van der Waals surface area contributed by atoms with Gasteiger partial charge in [-0.25, -0.2) is 4.39 Å². The number of benzene rings is 2. The number of ether oxygens (including phenoxy) is 1. The number of hydrogen-bond acceptors (Lipinski definition) is 7. The lowest BCUT2D eigenvalue weighted by Gasteiger charge is -2.28.